The second kappa shape index (κ2) is 6.98. The van der Waals surface area contributed by atoms with Crippen molar-refractivity contribution in [3.8, 4) is 0 Å². The Bertz CT molecular complexity index is 730. The van der Waals surface area contributed by atoms with Crippen molar-refractivity contribution in [2.24, 2.45) is 0 Å². The van der Waals surface area contributed by atoms with Crippen molar-refractivity contribution >= 4 is 5.91 Å². The number of hydrogen-bond acceptors (Lipinski definition) is 5. The molecule has 1 aliphatic heterocycles. The zero-order valence-corrected chi connectivity index (χ0v) is 14.3. The number of carbonyl (C=O) groups excluding carboxylic acids is 1. The molecule has 3 atom stereocenters. The highest BCUT2D eigenvalue weighted by molar-refractivity contribution is 5.92. The summed E-state index contributed by atoms with van der Waals surface area (Å²) in [5.74, 6) is 1.09. The fourth-order valence-corrected chi connectivity index (χ4v) is 3.71. The molecule has 0 aromatic carbocycles. The van der Waals surface area contributed by atoms with Crippen molar-refractivity contribution in [3.05, 3.63) is 53.7 Å². The van der Waals surface area contributed by atoms with Crippen LogP contribution in [0.4, 0.5) is 0 Å². The average molecular weight is 342 g/mol. The molecule has 1 saturated carbocycles. The third kappa shape index (κ3) is 3.32. The number of ether oxygens (including phenoxy) is 2. The molecule has 6 heteroatoms. The molecule has 0 bridgehead atoms. The van der Waals surface area contributed by atoms with E-state index in [0.717, 1.165) is 24.3 Å². The Morgan fingerprint density at radius 3 is 3.00 bits per heavy atom. The highest BCUT2D eigenvalue weighted by Crippen LogP contribution is 2.33. The van der Waals surface area contributed by atoms with E-state index in [1.54, 1.807) is 12.3 Å². The maximum atomic E-state index is 12.8. The summed E-state index contributed by atoms with van der Waals surface area (Å²) in [5.41, 5.74) is 0.903. The number of rotatable bonds is 4. The number of aromatic nitrogens is 1. The summed E-state index contributed by atoms with van der Waals surface area (Å²) in [7, 11) is 0. The van der Waals surface area contributed by atoms with Gasteiger partial charge in [-0.3, -0.25) is 9.78 Å². The molecule has 2 fully saturated rings. The van der Waals surface area contributed by atoms with E-state index in [2.05, 4.69) is 4.98 Å². The van der Waals surface area contributed by atoms with Crippen LogP contribution in [-0.2, 0) is 16.1 Å². The second-order valence-electron chi connectivity index (χ2n) is 6.56. The third-order valence-corrected chi connectivity index (χ3v) is 4.92. The third-order valence-electron chi connectivity index (χ3n) is 4.92. The summed E-state index contributed by atoms with van der Waals surface area (Å²) in [6, 6.07) is 9.39. The number of amides is 1. The van der Waals surface area contributed by atoms with Gasteiger partial charge in [0, 0.05) is 12.7 Å². The van der Waals surface area contributed by atoms with Gasteiger partial charge in [-0.1, -0.05) is 6.07 Å². The average Bonchev–Trinajstić information content (AvgIpc) is 3.26. The lowest BCUT2D eigenvalue weighted by atomic mass is 10.1. The number of nitrogens with zero attached hydrogens (tertiary/aromatic N) is 2. The van der Waals surface area contributed by atoms with Crippen molar-refractivity contribution in [1.82, 2.24) is 9.88 Å². The molecule has 0 radical (unpaired) electrons. The first kappa shape index (κ1) is 16.3. The van der Waals surface area contributed by atoms with Crippen LogP contribution in [0.15, 0.2) is 40.9 Å². The predicted molar refractivity (Wildman–Crippen MR) is 90.1 cm³/mol. The van der Waals surface area contributed by atoms with Crippen LogP contribution >= 0.6 is 0 Å². The minimum atomic E-state index is -0.0857. The van der Waals surface area contributed by atoms with Crippen LogP contribution in [0.5, 0.6) is 0 Å². The lowest BCUT2D eigenvalue weighted by Gasteiger charge is -2.38. The molecule has 3 heterocycles. The summed E-state index contributed by atoms with van der Waals surface area (Å²) in [4.78, 5) is 18.9. The van der Waals surface area contributed by atoms with Crippen molar-refractivity contribution in [3.63, 3.8) is 0 Å². The number of fused-ring (bicyclic) bond motifs is 1. The predicted octanol–water partition coefficient (Wildman–Crippen LogP) is 2.57. The molecule has 25 heavy (non-hydrogen) atoms. The lowest BCUT2D eigenvalue weighted by Crippen LogP contribution is -2.53. The molecular formula is C19H22N2O4. The van der Waals surface area contributed by atoms with Crippen molar-refractivity contribution in [2.75, 3.05) is 13.2 Å². The van der Waals surface area contributed by atoms with Crippen LogP contribution in [0.3, 0.4) is 0 Å². The molecule has 132 valence electrons. The molecule has 2 aliphatic rings. The van der Waals surface area contributed by atoms with Crippen molar-refractivity contribution < 1.29 is 18.7 Å². The molecule has 1 amide bonds. The normalized spacial score (nSPS) is 25.8. The van der Waals surface area contributed by atoms with Gasteiger partial charge in [-0.15, -0.1) is 0 Å². The Morgan fingerprint density at radius 2 is 2.24 bits per heavy atom. The van der Waals surface area contributed by atoms with E-state index < -0.39 is 0 Å². The van der Waals surface area contributed by atoms with Crippen molar-refractivity contribution in [1.29, 1.82) is 0 Å². The fourth-order valence-electron chi connectivity index (χ4n) is 3.71. The van der Waals surface area contributed by atoms with Gasteiger partial charge < -0.3 is 18.8 Å². The molecule has 2 aromatic rings. The van der Waals surface area contributed by atoms with Crippen LogP contribution in [0.2, 0.25) is 0 Å². The summed E-state index contributed by atoms with van der Waals surface area (Å²) in [5, 5.41) is 0. The molecule has 2 aromatic heterocycles. The summed E-state index contributed by atoms with van der Waals surface area (Å²) < 4.78 is 17.5. The van der Waals surface area contributed by atoms with Gasteiger partial charge in [0.05, 0.1) is 31.1 Å². The van der Waals surface area contributed by atoms with Crippen LogP contribution < -0.4 is 0 Å². The van der Waals surface area contributed by atoms with E-state index in [-0.39, 0.29) is 24.2 Å². The van der Waals surface area contributed by atoms with E-state index in [4.69, 9.17) is 13.9 Å². The number of pyridine rings is 1. The standard InChI is InChI=1S/C19H22N2O4/c1-13-5-7-17(25-13)19(22)21-10-11-23-18-15(21)6-8-16(18)24-12-14-4-2-3-9-20-14/h2-5,7,9,15-16,18H,6,8,10-12H2,1H3/t15-,16+,18+/m0/s1. The number of furan rings is 1. The molecule has 6 nitrogen and oxygen atoms in total. The van der Waals surface area contributed by atoms with Crippen LogP contribution in [-0.4, -0.2) is 47.2 Å². The van der Waals surface area contributed by atoms with Gasteiger partial charge in [-0.2, -0.15) is 0 Å². The topological polar surface area (TPSA) is 64.8 Å². The highest BCUT2D eigenvalue weighted by atomic mass is 16.5. The van der Waals surface area contributed by atoms with Gasteiger partial charge in [-0.25, -0.2) is 0 Å². The van der Waals surface area contributed by atoms with Gasteiger partial charge in [0.1, 0.15) is 11.9 Å². The Balaban J connectivity index is 1.42. The summed E-state index contributed by atoms with van der Waals surface area (Å²) in [6.07, 6.45) is 3.42. The number of aryl methyl sites for hydroxylation is 1. The largest absolute Gasteiger partial charge is 0.456 e. The number of hydrogen-bond donors (Lipinski definition) is 0. The van der Waals surface area contributed by atoms with E-state index in [9.17, 15) is 4.79 Å². The monoisotopic (exact) mass is 342 g/mol. The minimum absolute atomic E-state index is 0.0130. The molecular weight excluding hydrogens is 320 g/mol. The maximum Gasteiger partial charge on any atom is 0.289 e. The zero-order chi connectivity index (χ0) is 17.2. The Morgan fingerprint density at radius 1 is 1.32 bits per heavy atom. The SMILES string of the molecule is Cc1ccc(C(=O)N2CCO[C@H]3[C@H](OCc4ccccn4)CC[C@@H]32)o1. The quantitative estimate of drug-likeness (QED) is 0.854. The van der Waals surface area contributed by atoms with Crippen LogP contribution in [0, 0.1) is 6.92 Å². The highest BCUT2D eigenvalue weighted by Gasteiger charge is 2.45. The first-order valence-corrected chi connectivity index (χ1v) is 8.73. The molecule has 0 N–H and O–H groups in total. The van der Waals surface area contributed by atoms with E-state index in [0.29, 0.717) is 25.5 Å². The van der Waals surface area contributed by atoms with E-state index in [1.807, 2.05) is 36.1 Å². The lowest BCUT2D eigenvalue weighted by molar-refractivity contribution is -0.109. The zero-order valence-electron chi connectivity index (χ0n) is 14.3. The summed E-state index contributed by atoms with van der Waals surface area (Å²) in [6.45, 7) is 3.42. The maximum absolute atomic E-state index is 12.8. The first-order chi connectivity index (χ1) is 12.2. The second-order valence-corrected chi connectivity index (χ2v) is 6.56. The molecule has 1 saturated heterocycles. The molecule has 1 aliphatic carbocycles. The molecule has 0 unspecified atom stereocenters. The number of carbonyl (C=O) groups is 1. The van der Waals surface area contributed by atoms with Gasteiger partial charge >= 0.3 is 0 Å². The summed E-state index contributed by atoms with van der Waals surface area (Å²) >= 11 is 0. The first-order valence-electron chi connectivity index (χ1n) is 8.73. The van der Waals surface area contributed by atoms with E-state index >= 15 is 0 Å². The van der Waals surface area contributed by atoms with Gasteiger partial charge in [0.2, 0.25) is 0 Å². The number of morpholine rings is 1. The van der Waals surface area contributed by atoms with Gasteiger partial charge in [0.25, 0.3) is 5.91 Å². The smallest absolute Gasteiger partial charge is 0.289 e. The fraction of sp³-hybridized carbons (Fsp3) is 0.474. The van der Waals surface area contributed by atoms with Crippen LogP contribution in [0.1, 0.15) is 34.9 Å². The Labute approximate surface area is 146 Å². The van der Waals surface area contributed by atoms with Crippen molar-refractivity contribution in [2.45, 2.75) is 44.6 Å². The van der Waals surface area contributed by atoms with Crippen LogP contribution in [0.25, 0.3) is 0 Å². The Kier molecular flexibility index (Phi) is 4.55. The van der Waals surface area contributed by atoms with Gasteiger partial charge in [0.15, 0.2) is 5.76 Å². The van der Waals surface area contributed by atoms with Gasteiger partial charge in [-0.05, 0) is 44.0 Å². The molecule has 0 spiro atoms. The van der Waals surface area contributed by atoms with E-state index in [1.165, 1.54) is 0 Å². The minimum Gasteiger partial charge on any atom is -0.456 e. The Hall–Kier alpha value is -2.18. The molecule has 4 rings (SSSR count).